The van der Waals surface area contributed by atoms with Crippen LogP contribution in [0.1, 0.15) is 81.9 Å². The number of aromatic nitrogens is 1. The maximum absolute atomic E-state index is 13.3. The fourth-order valence-corrected chi connectivity index (χ4v) is 5.42. The zero-order chi connectivity index (χ0) is 25.5. The summed E-state index contributed by atoms with van der Waals surface area (Å²) in [4.78, 5) is 31.3. The molecule has 2 heterocycles. The summed E-state index contributed by atoms with van der Waals surface area (Å²) in [6, 6.07) is 3.87. The molecule has 1 amide bonds. The fraction of sp³-hybridized carbons (Fsp3) is 0.741. The highest BCUT2D eigenvalue weighted by molar-refractivity contribution is 5.83. The normalized spacial score (nSPS) is 20.4. The number of carbonyl (C=O) groups is 2. The number of carboxylic acids is 1. The molecule has 2 saturated carbocycles. The number of amides is 1. The van der Waals surface area contributed by atoms with Gasteiger partial charge < -0.3 is 20.6 Å². The molecule has 9 heteroatoms. The van der Waals surface area contributed by atoms with E-state index in [4.69, 9.17) is 4.98 Å². The molecule has 2 fully saturated rings. The van der Waals surface area contributed by atoms with E-state index in [1.54, 1.807) is 0 Å². The Hall–Kier alpha value is -2.29. The molecule has 1 unspecified atom stereocenters. The Balaban J connectivity index is 1.18. The molecule has 0 spiro atoms. The first kappa shape index (κ1) is 26.8. The minimum Gasteiger partial charge on any atom is -0.480 e. The second-order valence-corrected chi connectivity index (χ2v) is 10.8. The topological polar surface area (TPSA) is 94.6 Å². The standard InChI is InChI=1S/C27H40F2N4O3/c28-27(29)13-10-19(11-14-27)18-24(34)32-23(26(35)36)12-17-33(22-8-9-22)16-2-1-5-21-7-6-20-4-3-15-30-25(20)31-21/h6-7,19,22-23H,1-5,8-18H2,(H,30,31)(H,32,34)(H,35,36). The van der Waals surface area contributed by atoms with E-state index in [0.717, 1.165) is 69.5 Å². The van der Waals surface area contributed by atoms with Crippen LogP contribution in [0.2, 0.25) is 0 Å². The van der Waals surface area contributed by atoms with E-state index in [1.165, 1.54) is 5.56 Å². The van der Waals surface area contributed by atoms with E-state index in [9.17, 15) is 23.5 Å². The number of nitrogens with one attached hydrogen (secondary N) is 2. The van der Waals surface area contributed by atoms with Crippen molar-refractivity contribution in [2.24, 2.45) is 5.92 Å². The van der Waals surface area contributed by atoms with Crippen molar-refractivity contribution in [3.63, 3.8) is 0 Å². The molecule has 200 valence electrons. The van der Waals surface area contributed by atoms with Gasteiger partial charge in [0.05, 0.1) is 0 Å². The number of nitrogens with zero attached hydrogens (tertiary/aromatic N) is 2. The Morgan fingerprint density at radius 3 is 2.67 bits per heavy atom. The van der Waals surface area contributed by atoms with Gasteiger partial charge in [0, 0.05) is 44.1 Å². The SMILES string of the molecule is O=C(CC1CCC(F)(F)CC1)NC(CCN(CCCCc1ccc2c(n1)NCCC2)C1CC1)C(=O)O. The predicted molar refractivity (Wildman–Crippen MR) is 134 cm³/mol. The van der Waals surface area contributed by atoms with Gasteiger partial charge in [-0.25, -0.2) is 18.6 Å². The lowest BCUT2D eigenvalue weighted by Crippen LogP contribution is -2.44. The van der Waals surface area contributed by atoms with E-state index in [-0.39, 0.29) is 31.1 Å². The average molecular weight is 507 g/mol. The number of aryl methyl sites for hydroxylation is 2. The summed E-state index contributed by atoms with van der Waals surface area (Å²) in [6.45, 7) is 2.51. The van der Waals surface area contributed by atoms with E-state index < -0.39 is 17.9 Å². The third-order valence-electron chi connectivity index (χ3n) is 7.79. The van der Waals surface area contributed by atoms with Crippen LogP contribution in [0.4, 0.5) is 14.6 Å². The lowest BCUT2D eigenvalue weighted by molar-refractivity contribution is -0.142. The van der Waals surface area contributed by atoms with Crippen molar-refractivity contribution in [1.29, 1.82) is 0 Å². The van der Waals surface area contributed by atoms with Crippen molar-refractivity contribution < 1.29 is 23.5 Å². The van der Waals surface area contributed by atoms with Crippen molar-refractivity contribution in [1.82, 2.24) is 15.2 Å². The van der Waals surface area contributed by atoms with Gasteiger partial charge in [-0.1, -0.05) is 6.07 Å². The quantitative estimate of drug-likeness (QED) is 0.343. The minimum absolute atomic E-state index is 0.0950. The first-order chi connectivity index (χ1) is 17.3. The average Bonchev–Trinajstić information content (AvgIpc) is 3.69. The maximum Gasteiger partial charge on any atom is 0.326 e. The van der Waals surface area contributed by atoms with Gasteiger partial charge in [0.25, 0.3) is 0 Å². The number of pyridine rings is 1. The number of alkyl halides is 2. The second kappa shape index (κ2) is 12.3. The van der Waals surface area contributed by atoms with Crippen LogP contribution in [-0.4, -0.2) is 64.5 Å². The minimum atomic E-state index is -2.63. The smallest absolute Gasteiger partial charge is 0.326 e. The van der Waals surface area contributed by atoms with E-state index in [1.807, 2.05) is 0 Å². The molecule has 1 aromatic heterocycles. The summed E-state index contributed by atoms with van der Waals surface area (Å²) in [7, 11) is 0. The number of unbranched alkanes of at least 4 members (excludes halogenated alkanes) is 1. The van der Waals surface area contributed by atoms with Gasteiger partial charge >= 0.3 is 5.97 Å². The lowest BCUT2D eigenvalue weighted by Gasteiger charge is -2.28. The Kier molecular flexibility index (Phi) is 9.14. The number of halogens is 2. The number of carboxylic acid groups (broad SMARTS) is 1. The number of anilines is 1. The molecule has 3 N–H and O–H groups in total. The number of hydrogen-bond acceptors (Lipinski definition) is 5. The first-order valence-electron chi connectivity index (χ1n) is 13.7. The Bertz CT molecular complexity index is 899. The van der Waals surface area contributed by atoms with Crippen molar-refractivity contribution in [3.8, 4) is 0 Å². The predicted octanol–water partition coefficient (Wildman–Crippen LogP) is 4.40. The summed E-state index contributed by atoms with van der Waals surface area (Å²) in [6.07, 6.45) is 8.17. The molecule has 0 aromatic carbocycles. The summed E-state index contributed by atoms with van der Waals surface area (Å²) in [5, 5.41) is 15.7. The summed E-state index contributed by atoms with van der Waals surface area (Å²) < 4.78 is 26.7. The summed E-state index contributed by atoms with van der Waals surface area (Å²) in [5.41, 5.74) is 2.40. The zero-order valence-electron chi connectivity index (χ0n) is 21.1. The van der Waals surface area contributed by atoms with Gasteiger partial charge in [0.2, 0.25) is 11.8 Å². The number of aliphatic carboxylic acids is 1. The Morgan fingerprint density at radius 1 is 1.17 bits per heavy atom. The molecule has 4 rings (SSSR count). The molecule has 1 aliphatic heterocycles. The van der Waals surface area contributed by atoms with Crippen LogP contribution in [0.25, 0.3) is 0 Å². The third kappa shape index (κ3) is 8.11. The molecular formula is C27H40F2N4O3. The van der Waals surface area contributed by atoms with E-state index in [0.29, 0.717) is 31.8 Å². The summed E-state index contributed by atoms with van der Waals surface area (Å²) >= 11 is 0. The largest absolute Gasteiger partial charge is 0.480 e. The van der Waals surface area contributed by atoms with Crippen LogP contribution < -0.4 is 10.6 Å². The monoisotopic (exact) mass is 506 g/mol. The van der Waals surface area contributed by atoms with Gasteiger partial charge in [0.15, 0.2) is 0 Å². The van der Waals surface area contributed by atoms with Gasteiger partial charge in [-0.2, -0.15) is 0 Å². The molecular weight excluding hydrogens is 466 g/mol. The van der Waals surface area contributed by atoms with Crippen LogP contribution in [0.5, 0.6) is 0 Å². The highest BCUT2D eigenvalue weighted by Crippen LogP contribution is 2.37. The van der Waals surface area contributed by atoms with Crippen molar-refractivity contribution in [3.05, 3.63) is 23.4 Å². The van der Waals surface area contributed by atoms with Crippen LogP contribution in [0.15, 0.2) is 12.1 Å². The molecule has 1 aromatic rings. The van der Waals surface area contributed by atoms with Crippen molar-refractivity contribution in [2.75, 3.05) is 25.0 Å². The molecule has 3 aliphatic rings. The van der Waals surface area contributed by atoms with E-state index in [2.05, 4.69) is 27.7 Å². The van der Waals surface area contributed by atoms with Crippen LogP contribution in [-0.2, 0) is 22.4 Å². The highest BCUT2D eigenvalue weighted by atomic mass is 19.3. The highest BCUT2D eigenvalue weighted by Gasteiger charge is 2.36. The summed E-state index contributed by atoms with van der Waals surface area (Å²) in [5.74, 6) is -3.08. The fourth-order valence-electron chi connectivity index (χ4n) is 5.42. The second-order valence-electron chi connectivity index (χ2n) is 10.8. The molecule has 2 aliphatic carbocycles. The number of rotatable bonds is 13. The lowest BCUT2D eigenvalue weighted by atomic mass is 9.84. The molecule has 0 bridgehead atoms. The van der Waals surface area contributed by atoms with Crippen LogP contribution >= 0.6 is 0 Å². The first-order valence-corrected chi connectivity index (χ1v) is 13.7. The van der Waals surface area contributed by atoms with Crippen molar-refractivity contribution in [2.45, 2.75) is 101 Å². The van der Waals surface area contributed by atoms with Crippen LogP contribution in [0, 0.1) is 5.92 Å². The Morgan fingerprint density at radius 2 is 1.94 bits per heavy atom. The van der Waals surface area contributed by atoms with Gasteiger partial charge in [0.1, 0.15) is 11.9 Å². The number of carbonyl (C=O) groups excluding carboxylic acids is 1. The van der Waals surface area contributed by atoms with Gasteiger partial charge in [-0.3, -0.25) is 4.79 Å². The van der Waals surface area contributed by atoms with E-state index >= 15 is 0 Å². The third-order valence-corrected chi connectivity index (χ3v) is 7.79. The molecule has 0 radical (unpaired) electrons. The van der Waals surface area contributed by atoms with Gasteiger partial charge in [-0.05, 0) is 88.3 Å². The molecule has 1 atom stereocenters. The zero-order valence-corrected chi connectivity index (χ0v) is 21.1. The number of hydrogen-bond donors (Lipinski definition) is 3. The number of fused-ring (bicyclic) bond motifs is 1. The van der Waals surface area contributed by atoms with Gasteiger partial charge in [-0.15, -0.1) is 0 Å². The van der Waals surface area contributed by atoms with Crippen LogP contribution in [0.3, 0.4) is 0 Å². The maximum atomic E-state index is 13.3. The molecule has 7 nitrogen and oxygen atoms in total. The van der Waals surface area contributed by atoms with Crippen molar-refractivity contribution >= 4 is 17.7 Å². The molecule has 36 heavy (non-hydrogen) atoms. The Labute approximate surface area is 212 Å². The molecule has 0 saturated heterocycles.